The number of piperazine rings is 1. The van der Waals surface area contributed by atoms with Crippen LogP contribution in [-0.4, -0.2) is 41.2 Å². The van der Waals surface area contributed by atoms with Crippen molar-refractivity contribution < 1.29 is 14.0 Å². The van der Waals surface area contributed by atoms with Crippen molar-refractivity contribution in [3.8, 4) is 0 Å². The number of hydrogen-bond donors (Lipinski definition) is 0. The second-order valence-corrected chi connectivity index (χ2v) is 6.30. The van der Waals surface area contributed by atoms with Crippen LogP contribution in [0.15, 0.2) is 41.0 Å². The van der Waals surface area contributed by atoms with Gasteiger partial charge in [-0.3, -0.25) is 9.59 Å². The second kappa shape index (κ2) is 5.42. The average molecular weight is 331 g/mol. The Hall–Kier alpha value is -2.27. The van der Waals surface area contributed by atoms with Crippen molar-refractivity contribution in [2.24, 2.45) is 0 Å². The molecule has 0 saturated carbocycles. The van der Waals surface area contributed by atoms with E-state index in [0.29, 0.717) is 18.1 Å². The summed E-state index contributed by atoms with van der Waals surface area (Å²) in [6.45, 7) is 1.23. The molecule has 2 aliphatic rings. The number of nitrogens with zero attached hydrogens (tertiary/aromatic N) is 2. The highest BCUT2D eigenvalue weighted by atomic mass is 35.5. The first-order valence-electron chi connectivity index (χ1n) is 7.54. The van der Waals surface area contributed by atoms with Crippen molar-refractivity contribution >= 4 is 23.4 Å². The summed E-state index contributed by atoms with van der Waals surface area (Å²) in [5, 5.41) is 0.646. The summed E-state index contributed by atoms with van der Waals surface area (Å²) >= 11 is 6.13. The number of carbonyl (C=O) groups excluding carboxylic acids is 2. The summed E-state index contributed by atoms with van der Waals surface area (Å²) in [7, 11) is 0. The molecule has 1 aromatic carbocycles. The molecule has 1 saturated heterocycles. The zero-order valence-corrected chi connectivity index (χ0v) is 13.1. The number of rotatable bonds is 1. The number of carbonyl (C=O) groups is 2. The van der Waals surface area contributed by atoms with E-state index in [2.05, 4.69) is 0 Å². The fraction of sp³-hybridized carbons (Fsp3) is 0.294. The Kier molecular flexibility index (Phi) is 3.38. The minimum Gasteiger partial charge on any atom is -0.459 e. The van der Waals surface area contributed by atoms with E-state index >= 15 is 0 Å². The van der Waals surface area contributed by atoms with E-state index in [1.807, 2.05) is 23.1 Å². The third-order valence-corrected chi connectivity index (χ3v) is 4.76. The Balaban J connectivity index is 1.67. The molecule has 6 heteroatoms. The summed E-state index contributed by atoms with van der Waals surface area (Å²) in [5.41, 5.74) is 2.23. The zero-order chi connectivity index (χ0) is 16.0. The number of benzene rings is 1. The SMILES string of the molecule is O=C(c1ccco1)N1CC(=O)N2CCc3ccc(Cl)cc3C2C1. The summed E-state index contributed by atoms with van der Waals surface area (Å²) in [6.07, 6.45) is 2.28. The molecule has 0 aliphatic carbocycles. The van der Waals surface area contributed by atoms with Crippen LogP contribution in [0.3, 0.4) is 0 Å². The Morgan fingerprint density at radius 3 is 2.96 bits per heavy atom. The predicted octanol–water partition coefficient (Wildman–Crippen LogP) is 2.51. The maximum Gasteiger partial charge on any atom is 0.290 e. The molecule has 1 unspecified atom stereocenters. The molecule has 1 fully saturated rings. The van der Waals surface area contributed by atoms with Gasteiger partial charge in [-0.25, -0.2) is 0 Å². The van der Waals surface area contributed by atoms with Gasteiger partial charge in [0.2, 0.25) is 5.91 Å². The minimum absolute atomic E-state index is 0.0354. The van der Waals surface area contributed by atoms with Gasteiger partial charge in [-0.1, -0.05) is 17.7 Å². The standard InChI is InChI=1S/C17H15ClN2O3/c18-12-4-3-11-5-6-20-14(13(11)8-12)9-19(10-16(20)21)17(22)15-2-1-7-23-15/h1-4,7-8,14H,5-6,9-10H2. The van der Waals surface area contributed by atoms with Gasteiger partial charge in [0.25, 0.3) is 5.91 Å². The molecule has 1 atom stereocenters. The Morgan fingerprint density at radius 1 is 1.30 bits per heavy atom. The van der Waals surface area contributed by atoms with Crippen LogP contribution >= 0.6 is 11.6 Å². The highest BCUT2D eigenvalue weighted by Gasteiger charge is 2.39. The largest absolute Gasteiger partial charge is 0.459 e. The zero-order valence-electron chi connectivity index (χ0n) is 12.4. The van der Waals surface area contributed by atoms with Crippen LogP contribution in [0, 0.1) is 0 Å². The molecule has 0 spiro atoms. The monoisotopic (exact) mass is 330 g/mol. The number of halogens is 1. The first-order chi connectivity index (χ1) is 11.1. The molecule has 1 aromatic heterocycles. The van der Waals surface area contributed by atoms with Crippen LogP contribution in [-0.2, 0) is 11.2 Å². The lowest BCUT2D eigenvalue weighted by atomic mass is 9.90. The molecular formula is C17H15ClN2O3. The molecule has 2 aromatic rings. The minimum atomic E-state index is -0.253. The topological polar surface area (TPSA) is 53.8 Å². The van der Waals surface area contributed by atoms with Gasteiger partial charge < -0.3 is 14.2 Å². The van der Waals surface area contributed by atoms with Crippen LogP contribution < -0.4 is 0 Å². The lowest BCUT2D eigenvalue weighted by Crippen LogP contribution is -2.55. The molecule has 3 heterocycles. The van der Waals surface area contributed by atoms with Gasteiger partial charge in [0.1, 0.15) is 6.54 Å². The van der Waals surface area contributed by atoms with Gasteiger partial charge in [0, 0.05) is 18.1 Å². The fourth-order valence-corrected chi connectivity index (χ4v) is 3.58. The first-order valence-corrected chi connectivity index (χ1v) is 7.92. The number of amides is 2. The third-order valence-electron chi connectivity index (χ3n) is 4.52. The van der Waals surface area contributed by atoms with Crippen molar-refractivity contribution in [1.29, 1.82) is 0 Å². The van der Waals surface area contributed by atoms with Gasteiger partial charge in [-0.05, 0) is 41.8 Å². The van der Waals surface area contributed by atoms with Crippen LogP contribution in [0.2, 0.25) is 5.02 Å². The molecule has 2 amide bonds. The van der Waals surface area contributed by atoms with Crippen molar-refractivity contribution in [2.45, 2.75) is 12.5 Å². The quantitative estimate of drug-likeness (QED) is 0.807. The Morgan fingerprint density at radius 2 is 2.17 bits per heavy atom. The summed E-state index contributed by atoms with van der Waals surface area (Å²) in [4.78, 5) is 28.4. The first kappa shape index (κ1) is 14.3. The predicted molar refractivity (Wildman–Crippen MR) is 84.2 cm³/mol. The Labute approximate surface area is 138 Å². The highest BCUT2D eigenvalue weighted by molar-refractivity contribution is 6.30. The average Bonchev–Trinajstić information content (AvgIpc) is 3.08. The third kappa shape index (κ3) is 2.41. The molecule has 2 aliphatic heterocycles. The summed E-state index contributed by atoms with van der Waals surface area (Å²) in [5.74, 6) is -0.0303. The normalized spacial score (nSPS) is 20.2. The van der Waals surface area contributed by atoms with Gasteiger partial charge >= 0.3 is 0 Å². The second-order valence-electron chi connectivity index (χ2n) is 5.86. The van der Waals surface area contributed by atoms with Gasteiger partial charge in [0.05, 0.1) is 12.3 Å². The van der Waals surface area contributed by atoms with E-state index in [0.717, 1.165) is 12.0 Å². The number of furan rings is 1. The van der Waals surface area contributed by atoms with Gasteiger partial charge in [0.15, 0.2) is 5.76 Å². The molecular weight excluding hydrogens is 316 g/mol. The van der Waals surface area contributed by atoms with E-state index < -0.39 is 0 Å². The van der Waals surface area contributed by atoms with E-state index in [1.165, 1.54) is 11.8 Å². The van der Waals surface area contributed by atoms with Crippen LogP contribution in [0.4, 0.5) is 0 Å². The van der Waals surface area contributed by atoms with E-state index in [4.69, 9.17) is 16.0 Å². The molecule has 23 heavy (non-hydrogen) atoms. The van der Waals surface area contributed by atoms with Gasteiger partial charge in [-0.15, -0.1) is 0 Å². The number of fused-ring (bicyclic) bond motifs is 3. The van der Waals surface area contributed by atoms with Crippen LogP contribution in [0.1, 0.15) is 27.7 Å². The lowest BCUT2D eigenvalue weighted by Gasteiger charge is -2.44. The van der Waals surface area contributed by atoms with Crippen molar-refractivity contribution in [1.82, 2.24) is 9.80 Å². The lowest BCUT2D eigenvalue weighted by molar-refractivity contribution is -0.139. The molecule has 0 radical (unpaired) electrons. The Bertz CT molecular complexity index is 772. The number of hydrogen-bond acceptors (Lipinski definition) is 3. The maximum absolute atomic E-state index is 12.5. The van der Waals surface area contributed by atoms with Crippen LogP contribution in [0.5, 0.6) is 0 Å². The molecule has 0 bridgehead atoms. The van der Waals surface area contributed by atoms with Crippen molar-refractivity contribution in [2.75, 3.05) is 19.6 Å². The van der Waals surface area contributed by atoms with E-state index in [9.17, 15) is 9.59 Å². The highest BCUT2D eigenvalue weighted by Crippen LogP contribution is 2.35. The van der Waals surface area contributed by atoms with E-state index in [-0.39, 0.29) is 30.2 Å². The van der Waals surface area contributed by atoms with Crippen molar-refractivity contribution in [3.05, 3.63) is 58.5 Å². The molecule has 4 rings (SSSR count). The van der Waals surface area contributed by atoms with Gasteiger partial charge in [-0.2, -0.15) is 0 Å². The van der Waals surface area contributed by atoms with E-state index in [1.54, 1.807) is 17.0 Å². The van der Waals surface area contributed by atoms with Crippen molar-refractivity contribution in [3.63, 3.8) is 0 Å². The summed E-state index contributed by atoms with van der Waals surface area (Å²) < 4.78 is 5.17. The maximum atomic E-state index is 12.5. The van der Waals surface area contributed by atoms with Crippen LogP contribution in [0.25, 0.3) is 0 Å². The molecule has 0 N–H and O–H groups in total. The smallest absolute Gasteiger partial charge is 0.290 e. The summed E-state index contributed by atoms with van der Waals surface area (Å²) in [6, 6.07) is 8.92. The fourth-order valence-electron chi connectivity index (χ4n) is 3.40. The molecule has 118 valence electrons. The molecule has 5 nitrogen and oxygen atoms in total.